The zero-order valence-corrected chi connectivity index (χ0v) is 12.2. The van der Waals surface area contributed by atoms with E-state index < -0.39 is 0 Å². The van der Waals surface area contributed by atoms with Crippen molar-refractivity contribution in [3.8, 4) is 6.07 Å². The number of fused-ring (bicyclic) bond motifs is 1. The van der Waals surface area contributed by atoms with Crippen molar-refractivity contribution in [1.29, 1.82) is 5.26 Å². The lowest BCUT2D eigenvalue weighted by Crippen LogP contribution is -2.05. The predicted molar refractivity (Wildman–Crippen MR) is 87.5 cm³/mol. The molecule has 0 saturated carbocycles. The van der Waals surface area contributed by atoms with Gasteiger partial charge < -0.3 is 5.32 Å². The Morgan fingerprint density at radius 3 is 2.73 bits per heavy atom. The molecule has 3 aromatic rings. The molecule has 22 heavy (non-hydrogen) atoms. The van der Waals surface area contributed by atoms with Crippen LogP contribution in [-0.2, 0) is 6.42 Å². The molecule has 0 fully saturated rings. The third kappa shape index (κ3) is 3.21. The van der Waals surface area contributed by atoms with Crippen molar-refractivity contribution in [3.05, 3.63) is 66.0 Å². The molecule has 1 N–H and O–H groups in total. The number of aryl methyl sites for hydroxylation is 1. The van der Waals surface area contributed by atoms with E-state index in [0.717, 1.165) is 36.1 Å². The number of hydrogen-bond donors (Lipinski definition) is 1. The van der Waals surface area contributed by atoms with Crippen molar-refractivity contribution in [2.24, 2.45) is 0 Å². The van der Waals surface area contributed by atoms with Gasteiger partial charge in [0.1, 0.15) is 12.1 Å². The standard InChI is InChI=1S/C18H16N4/c19-12-15-8-9-17-16(11-15)18(22-13-21-17)20-10-4-7-14-5-2-1-3-6-14/h1-3,5-6,8-9,11,13H,4,7,10H2,(H,20,21,22). The number of nitriles is 1. The molecule has 0 radical (unpaired) electrons. The van der Waals surface area contributed by atoms with E-state index in [9.17, 15) is 0 Å². The number of nitrogens with one attached hydrogen (secondary N) is 1. The highest BCUT2D eigenvalue weighted by Crippen LogP contribution is 2.20. The lowest BCUT2D eigenvalue weighted by atomic mass is 10.1. The average Bonchev–Trinajstić information content (AvgIpc) is 2.59. The normalized spacial score (nSPS) is 10.3. The maximum atomic E-state index is 9.02. The molecule has 0 unspecified atom stereocenters. The van der Waals surface area contributed by atoms with Crippen LogP contribution in [0.2, 0.25) is 0 Å². The molecule has 0 aliphatic heterocycles. The molecule has 0 aliphatic carbocycles. The number of nitrogens with zero attached hydrogens (tertiary/aromatic N) is 3. The molecular formula is C18H16N4. The second kappa shape index (κ2) is 6.68. The summed E-state index contributed by atoms with van der Waals surface area (Å²) >= 11 is 0. The molecule has 3 rings (SSSR count). The maximum Gasteiger partial charge on any atom is 0.137 e. The summed E-state index contributed by atoms with van der Waals surface area (Å²) in [5.74, 6) is 0.787. The second-order valence-corrected chi connectivity index (χ2v) is 5.08. The van der Waals surface area contributed by atoms with Crippen molar-refractivity contribution >= 4 is 16.7 Å². The van der Waals surface area contributed by atoms with Crippen LogP contribution in [0.1, 0.15) is 17.5 Å². The van der Waals surface area contributed by atoms with Crippen LogP contribution in [0.15, 0.2) is 54.9 Å². The summed E-state index contributed by atoms with van der Waals surface area (Å²) < 4.78 is 0. The lowest BCUT2D eigenvalue weighted by molar-refractivity contribution is 0.859. The molecule has 0 saturated heterocycles. The van der Waals surface area contributed by atoms with Crippen LogP contribution in [-0.4, -0.2) is 16.5 Å². The van der Waals surface area contributed by atoms with Gasteiger partial charge in [0.15, 0.2) is 0 Å². The smallest absolute Gasteiger partial charge is 0.137 e. The monoisotopic (exact) mass is 288 g/mol. The molecule has 0 spiro atoms. The molecule has 0 bridgehead atoms. The molecular weight excluding hydrogens is 272 g/mol. The Morgan fingerprint density at radius 1 is 1.05 bits per heavy atom. The molecule has 108 valence electrons. The minimum absolute atomic E-state index is 0.620. The fourth-order valence-corrected chi connectivity index (χ4v) is 2.41. The fraction of sp³-hybridized carbons (Fsp3) is 0.167. The second-order valence-electron chi connectivity index (χ2n) is 5.08. The van der Waals surface area contributed by atoms with E-state index in [1.54, 1.807) is 12.4 Å². The topological polar surface area (TPSA) is 61.6 Å². The number of rotatable bonds is 5. The molecule has 0 aliphatic rings. The Kier molecular flexibility index (Phi) is 4.26. The van der Waals surface area contributed by atoms with E-state index in [2.05, 4.69) is 45.6 Å². The van der Waals surface area contributed by atoms with Gasteiger partial charge in [0, 0.05) is 11.9 Å². The molecule has 2 aromatic carbocycles. The quantitative estimate of drug-likeness (QED) is 0.729. The van der Waals surface area contributed by atoms with Crippen molar-refractivity contribution in [2.75, 3.05) is 11.9 Å². The van der Waals surface area contributed by atoms with Crippen molar-refractivity contribution in [1.82, 2.24) is 9.97 Å². The Morgan fingerprint density at radius 2 is 1.91 bits per heavy atom. The molecule has 4 heteroatoms. The van der Waals surface area contributed by atoms with Crippen molar-refractivity contribution in [3.63, 3.8) is 0 Å². The van der Waals surface area contributed by atoms with E-state index in [1.807, 2.05) is 18.2 Å². The summed E-state index contributed by atoms with van der Waals surface area (Å²) in [6.07, 6.45) is 3.60. The Hall–Kier alpha value is -2.93. The van der Waals surface area contributed by atoms with Crippen LogP contribution in [0.4, 0.5) is 5.82 Å². The number of anilines is 1. The Labute approximate surface area is 129 Å². The van der Waals surface area contributed by atoms with Crippen LogP contribution in [0, 0.1) is 11.3 Å². The van der Waals surface area contributed by atoms with Gasteiger partial charge >= 0.3 is 0 Å². The highest BCUT2D eigenvalue weighted by molar-refractivity contribution is 5.89. The summed E-state index contributed by atoms with van der Waals surface area (Å²) in [4.78, 5) is 8.53. The van der Waals surface area contributed by atoms with E-state index in [-0.39, 0.29) is 0 Å². The minimum atomic E-state index is 0.620. The van der Waals surface area contributed by atoms with Gasteiger partial charge in [0.05, 0.1) is 17.1 Å². The number of aromatic nitrogens is 2. The first kappa shape index (κ1) is 14.0. The first-order valence-electron chi connectivity index (χ1n) is 7.29. The zero-order chi connectivity index (χ0) is 15.2. The SMILES string of the molecule is N#Cc1ccc2ncnc(NCCCc3ccccc3)c2c1. The minimum Gasteiger partial charge on any atom is -0.369 e. The first-order valence-corrected chi connectivity index (χ1v) is 7.29. The van der Waals surface area contributed by atoms with Crippen LogP contribution in [0.5, 0.6) is 0 Å². The van der Waals surface area contributed by atoms with Gasteiger partial charge in [0.25, 0.3) is 0 Å². The predicted octanol–water partition coefficient (Wildman–Crippen LogP) is 3.55. The fourth-order valence-electron chi connectivity index (χ4n) is 2.41. The summed E-state index contributed by atoms with van der Waals surface area (Å²) in [6.45, 7) is 0.831. The summed E-state index contributed by atoms with van der Waals surface area (Å²) in [6, 6.07) is 18.0. The molecule has 1 heterocycles. The van der Waals surface area contributed by atoms with Crippen LogP contribution >= 0.6 is 0 Å². The molecule has 0 amide bonds. The largest absolute Gasteiger partial charge is 0.369 e. The molecule has 0 atom stereocenters. The van der Waals surface area contributed by atoms with Crippen molar-refractivity contribution < 1.29 is 0 Å². The zero-order valence-electron chi connectivity index (χ0n) is 12.2. The van der Waals surface area contributed by atoms with Gasteiger partial charge in [-0.25, -0.2) is 9.97 Å². The highest BCUT2D eigenvalue weighted by atomic mass is 15.0. The Bertz CT molecular complexity index is 806. The first-order chi connectivity index (χ1) is 10.9. The van der Waals surface area contributed by atoms with Crippen LogP contribution in [0.3, 0.4) is 0 Å². The summed E-state index contributed by atoms with van der Waals surface area (Å²) in [5.41, 5.74) is 2.80. The third-order valence-corrected chi connectivity index (χ3v) is 3.54. The van der Waals surface area contributed by atoms with Gasteiger partial charge in [-0.05, 0) is 36.6 Å². The number of benzene rings is 2. The van der Waals surface area contributed by atoms with Gasteiger partial charge in [-0.15, -0.1) is 0 Å². The van der Waals surface area contributed by atoms with Gasteiger partial charge in [-0.3, -0.25) is 0 Å². The molecule has 4 nitrogen and oxygen atoms in total. The van der Waals surface area contributed by atoms with Crippen molar-refractivity contribution in [2.45, 2.75) is 12.8 Å². The van der Waals surface area contributed by atoms with E-state index in [1.165, 1.54) is 5.56 Å². The highest BCUT2D eigenvalue weighted by Gasteiger charge is 2.04. The van der Waals surface area contributed by atoms with E-state index in [4.69, 9.17) is 5.26 Å². The lowest BCUT2D eigenvalue weighted by Gasteiger charge is -2.08. The van der Waals surface area contributed by atoms with Gasteiger partial charge in [-0.1, -0.05) is 30.3 Å². The summed E-state index contributed by atoms with van der Waals surface area (Å²) in [7, 11) is 0. The van der Waals surface area contributed by atoms with Gasteiger partial charge in [-0.2, -0.15) is 5.26 Å². The van der Waals surface area contributed by atoms with E-state index in [0.29, 0.717) is 5.56 Å². The van der Waals surface area contributed by atoms with Crippen LogP contribution in [0.25, 0.3) is 10.9 Å². The number of hydrogen-bond acceptors (Lipinski definition) is 4. The average molecular weight is 288 g/mol. The van der Waals surface area contributed by atoms with Crippen LogP contribution < -0.4 is 5.32 Å². The Balaban J connectivity index is 1.67. The summed E-state index contributed by atoms with van der Waals surface area (Å²) in [5, 5.41) is 13.3. The molecule has 1 aromatic heterocycles. The van der Waals surface area contributed by atoms with E-state index >= 15 is 0 Å². The maximum absolute atomic E-state index is 9.02. The van der Waals surface area contributed by atoms with Gasteiger partial charge in [0.2, 0.25) is 0 Å². The third-order valence-electron chi connectivity index (χ3n) is 3.54.